The Bertz CT molecular complexity index is 467. The van der Waals surface area contributed by atoms with Crippen LogP contribution in [0.25, 0.3) is 0 Å². The lowest BCUT2D eigenvalue weighted by molar-refractivity contribution is 0.0886. The molecule has 0 aromatic carbocycles. The smallest absolute Gasteiger partial charge is 0.163 e. The number of aliphatic hydroxyl groups is 2. The summed E-state index contributed by atoms with van der Waals surface area (Å²) >= 11 is 5.88. The third kappa shape index (κ3) is 2.90. The van der Waals surface area contributed by atoms with Gasteiger partial charge in [0.15, 0.2) is 5.82 Å². The first-order valence-corrected chi connectivity index (χ1v) is 5.89. The quantitative estimate of drug-likeness (QED) is 0.794. The topological polar surface area (TPSA) is 78.7 Å². The molecule has 18 heavy (non-hydrogen) atoms. The molecule has 1 aliphatic heterocycles. The number of nitrogens with zero attached hydrogens (tertiary/aromatic N) is 3. The molecular weight excluding hydrogens is 258 g/mol. The third-order valence-corrected chi connectivity index (χ3v) is 2.66. The highest BCUT2D eigenvalue weighted by Gasteiger charge is 2.16. The van der Waals surface area contributed by atoms with E-state index in [9.17, 15) is 5.11 Å². The summed E-state index contributed by atoms with van der Waals surface area (Å²) < 4.78 is 5.31. The summed E-state index contributed by atoms with van der Waals surface area (Å²) in [4.78, 5) is 9.93. The Morgan fingerprint density at radius 1 is 1.56 bits per heavy atom. The standard InChI is InChI=1S/C11H14ClN3O3/c1-7-5-15(2-3-18-7)10-4-9(12)13-11(14-10)8(17)6-16/h4-5,8,16-17H,2-3,6H2,1H3. The van der Waals surface area contributed by atoms with Crippen LogP contribution in [-0.2, 0) is 4.74 Å². The van der Waals surface area contributed by atoms with E-state index in [1.165, 1.54) is 0 Å². The zero-order valence-electron chi connectivity index (χ0n) is 9.88. The molecule has 1 aliphatic rings. The van der Waals surface area contributed by atoms with E-state index >= 15 is 0 Å². The first-order chi connectivity index (χ1) is 8.60. The van der Waals surface area contributed by atoms with E-state index in [0.717, 1.165) is 5.76 Å². The molecule has 0 fully saturated rings. The van der Waals surface area contributed by atoms with Gasteiger partial charge in [0, 0.05) is 12.3 Å². The molecule has 1 unspecified atom stereocenters. The summed E-state index contributed by atoms with van der Waals surface area (Å²) in [5, 5.41) is 18.7. The lowest BCUT2D eigenvalue weighted by Crippen LogP contribution is -2.27. The Kier molecular flexibility index (Phi) is 4.00. The predicted octanol–water partition coefficient (Wildman–Crippen LogP) is 0.854. The zero-order chi connectivity index (χ0) is 13.1. The van der Waals surface area contributed by atoms with Crippen LogP contribution in [0.3, 0.4) is 0 Å². The van der Waals surface area contributed by atoms with Gasteiger partial charge in [-0.1, -0.05) is 11.6 Å². The van der Waals surface area contributed by atoms with Gasteiger partial charge in [0.2, 0.25) is 0 Å². The number of hydrogen-bond acceptors (Lipinski definition) is 6. The van der Waals surface area contributed by atoms with Gasteiger partial charge in [0.25, 0.3) is 0 Å². The van der Waals surface area contributed by atoms with Crippen molar-refractivity contribution >= 4 is 17.4 Å². The third-order valence-electron chi connectivity index (χ3n) is 2.46. The van der Waals surface area contributed by atoms with Crippen molar-refractivity contribution in [1.82, 2.24) is 9.97 Å². The summed E-state index contributed by atoms with van der Waals surface area (Å²) in [6.07, 6.45) is 0.672. The van der Waals surface area contributed by atoms with Crippen LogP contribution in [-0.4, -0.2) is 39.9 Å². The molecule has 1 aromatic heterocycles. The average molecular weight is 272 g/mol. The van der Waals surface area contributed by atoms with E-state index < -0.39 is 12.7 Å². The molecule has 0 bridgehead atoms. The van der Waals surface area contributed by atoms with Crippen LogP contribution in [0.15, 0.2) is 18.0 Å². The van der Waals surface area contributed by atoms with Crippen LogP contribution in [0, 0.1) is 0 Å². The molecule has 0 amide bonds. The molecular formula is C11H14ClN3O3. The maximum absolute atomic E-state index is 9.54. The van der Waals surface area contributed by atoms with Gasteiger partial charge in [-0.25, -0.2) is 9.97 Å². The van der Waals surface area contributed by atoms with Gasteiger partial charge >= 0.3 is 0 Å². The number of aliphatic hydroxyl groups excluding tert-OH is 2. The Labute approximate surface area is 109 Å². The largest absolute Gasteiger partial charge is 0.495 e. The lowest BCUT2D eigenvalue weighted by Gasteiger charge is -2.25. The molecule has 0 saturated carbocycles. The molecule has 7 heteroatoms. The molecule has 0 saturated heterocycles. The highest BCUT2D eigenvalue weighted by molar-refractivity contribution is 6.29. The van der Waals surface area contributed by atoms with Crippen LogP contribution in [0.5, 0.6) is 0 Å². The second-order valence-electron chi connectivity index (χ2n) is 3.89. The molecule has 0 aliphatic carbocycles. The van der Waals surface area contributed by atoms with Crippen LogP contribution in [0.2, 0.25) is 5.15 Å². The lowest BCUT2D eigenvalue weighted by atomic mass is 10.3. The first-order valence-electron chi connectivity index (χ1n) is 5.51. The fraction of sp³-hybridized carbons (Fsp3) is 0.455. The number of allylic oxidation sites excluding steroid dienone is 1. The molecule has 0 radical (unpaired) electrons. The number of halogens is 1. The molecule has 2 rings (SSSR count). The van der Waals surface area contributed by atoms with E-state index in [1.54, 1.807) is 12.3 Å². The monoisotopic (exact) mass is 271 g/mol. The summed E-state index contributed by atoms with van der Waals surface area (Å²) in [5.74, 6) is 1.46. The summed E-state index contributed by atoms with van der Waals surface area (Å²) in [7, 11) is 0. The molecule has 98 valence electrons. The van der Waals surface area contributed by atoms with Gasteiger partial charge < -0.3 is 19.8 Å². The van der Waals surface area contributed by atoms with E-state index in [0.29, 0.717) is 19.0 Å². The minimum Gasteiger partial charge on any atom is -0.495 e. The van der Waals surface area contributed by atoms with Gasteiger partial charge in [-0.3, -0.25) is 0 Å². The highest BCUT2D eigenvalue weighted by Crippen LogP contribution is 2.21. The van der Waals surface area contributed by atoms with Gasteiger partial charge in [-0.05, 0) is 6.92 Å². The van der Waals surface area contributed by atoms with E-state index in [2.05, 4.69) is 9.97 Å². The van der Waals surface area contributed by atoms with Crippen molar-refractivity contribution in [2.45, 2.75) is 13.0 Å². The SMILES string of the molecule is CC1=CN(c2cc(Cl)nc(C(O)CO)n2)CCO1. The average Bonchev–Trinajstić information content (AvgIpc) is 2.37. The van der Waals surface area contributed by atoms with Crippen molar-refractivity contribution in [3.05, 3.63) is 29.0 Å². The Hall–Kier alpha value is -1.37. The van der Waals surface area contributed by atoms with Crippen molar-refractivity contribution in [2.75, 3.05) is 24.7 Å². The van der Waals surface area contributed by atoms with Crippen molar-refractivity contribution in [3.63, 3.8) is 0 Å². The minimum absolute atomic E-state index is 0.109. The fourth-order valence-corrected chi connectivity index (χ4v) is 1.79. The maximum Gasteiger partial charge on any atom is 0.163 e. The van der Waals surface area contributed by atoms with Crippen LogP contribution < -0.4 is 4.90 Å². The normalized spacial score (nSPS) is 17.1. The van der Waals surface area contributed by atoms with Crippen LogP contribution in [0.1, 0.15) is 18.9 Å². The number of anilines is 1. The van der Waals surface area contributed by atoms with E-state index in [4.69, 9.17) is 21.4 Å². The van der Waals surface area contributed by atoms with Crippen LogP contribution in [0.4, 0.5) is 5.82 Å². The molecule has 1 atom stereocenters. The Morgan fingerprint density at radius 2 is 2.33 bits per heavy atom. The van der Waals surface area contributed by atoms with Gasteiger partial charge in [-0.15, -0.1) is 0 Å². The number of aromatic nitrogens is 2. The second-order valence-corrected chi connectivity index (χ2v) is 4.27. The fourth-order valence-electron chi connectivity index (χ4n) is 1.61. The van der Waals surface area contributed by atoms with Crippen LogP contribution >= 0.6 is 11.6 Å². The van der Waals surface area contributed by atoms with Crippen molar-refractivity contribution in [2.24, 2.45) is 0 Å². The molecule has 2 N–H and O–H groups in total. The molecule has 0 spiro atoms. The van der Waals surface area contributed by atoms with Gasteiger partial charge in [0.1, 0.15) is 29.4 Å². The van der Waals surface area contributed by atoms with E-state index in [-0.39, 0.29) is 11.0 Å². The Balaban J connectivity index is 2.33. The minimum atomic E-state index is -1.13. The Morgan fingerprint density at radius 3 is 3.00 bits per heavy atom. The zero-order valence-corrected chi connectivity index (χ0v) is 10.6. The number of rotatable bonds is 3. The molecule has 2 heterocycles. The number of ether oxygens (including phenoxy) is 1. The summed E-state index contributed by atoms with van der Waals surface area (Å²) in [6, 6.07) is 1.60. The molecule has 1 aromatic rings. The highest BCUT2D eigenvalue weighted by atomic mass is 35.5. The second kappa shape index (κ2) is 5.51. The molecule has 6 nitrogen and oxygen atoms in total. The van der Waals surface area contributed by atoms with Gasteiger partial charge in [-0.2, -0.15) is 0 Å². The van der Waals surface area contributed by atoms with Crippen molar-refractivity contribution in [1.29, 1.82) is 0 Å². The number of hydrogen-bond donors (Lipinski definition) is 2. The summed E-state index contributed by atoms with van der Waals surface area (Å²) in [6.45, 7) is 2.59. The van der Waals surface area contributed by atoms with E-state index in [1.807, 2.05) is 11.8 Å². The summed E-state index contributed by atoms with van der Waals surface area (Å²) in [5.41, 5.74) is 0. The van der Waals surface area contributed by atoms with Gasteiger partial charge in [0.05, 0.1) is 13.2 Å². The van der Waals surface area contributed by atoms with Crippen molar-refractivity contribution < 1.29 is 14.9 Å². The maximum atomic E-state index is 9.54. The predicted molar refractivity (Wildman–Crippen MR) is 66.1 cm³/mol. The van der Waals surface area contributed by atoms with Crippen molar-refractivity contribution in [3.8, 4) is 0 Å². The first kappa shape index (κ1) is 13.1.